The SMILES string of the molecule is CC(C)Oc1cccc(C(=O)NC2CCN(c3nccc(-c4cccnc4)n3)C2)c1. The molecule has 1 aromatic carbocycles. The number of pyridine rings is 1. The number of carbonyl (C=O) groups is 1. The van der Waals surface area contributed by atoms with Crippen LogP contribution >= 0.6 is 0 Å². The summed E-state index contributed by atoms with van der Waals surface area (Å²) in [6, 6.07) is 13.1. The lowest BCUT2D eigenvalue weighted by Gasteiger charge is -2.18. The first-order chi connectivity index (χ1) is 14.6. The number of nitrogens with one attached hydrogen (secondary N) is 1. The maximum absolute atomic E-state index is 12.7. The highest BCUT2D eigenvalue weighted by molar-refractivity contribution is 5.94. The van der Waals surface area contributed by atoms with E-state index in [9.17, 15) is 4.79 Å². The van der Waals surface area contributed by atoms with Gasteiger partial charge in [0.15, 0.2) is 0 Å². The summed E-state index contributed by atoms with van der Waals surface area (Å²) >= 11 is 0. The Morgan fingerprint density at radius 2 is 2.10 bits per heavy atom. The molecule has 4 rings (SSSR count). The fourth-order valence-electron chi connectivity index (χ4n) is 3.49. The lowest BCUT2D eigenvalue weighted by atomic mass is 10.1. The van der Waals surface area contributed by atoms with Crippen molar-refractivity contribution in [3.63, 3.8) is 0 Å². The third-order valence-electron chi connectivity index (χ3n) is 4.87. The van der Waals surface area contributed by atoms with Gasteiger partial charge in [-0.1, -0.05) is 6.07 Å². The molecule has 1 N–H and O–H groups in total. The van der Waals surface area contributed by atoms with E-state index in [0.29, 0.717) is 23.8 Å². The van der Waals surface area contributed by atoms with Crippen molar-refractivity contribution in [1.82, 2.24) is 20.3 Å². The summed E-state index contributed by atoms with van der Waals surface area (Å²) in [6.45, 7) is 5.39. The zero-order valence-corrected chi connectivity index (χ0v) is 17.2. The molecule has 2 aromatic heterocycles. The molecule has 0 bridgehead atoms. The van der Waals surface area contributed by atoms with Gasteiger partial charge in [0.25, 0.3) is 5.91 Å². The van der Waals surface area contributed by atoms with Gasteiger partial charge in [0.2, 0.25) is 5.95 Å². The molecule has 0 spiro atoms. The average Bonchev–Trinajstić information content (AvgIpc) is 3.23. The molecule has 0 radical (unpaired) electrons. The fourth-order valence-corrected chi connectivity index (χ4v) is 3.49. The average molecular weight is 403 g/mol. The minimum Gasteiger partial charge on any atom is -0.491 e. The van der Waals surface area contributed by atoms with Crippen LogP contribution in [-0.4, -0.2) is 46.1 Å². The quantitative estimate of drug-likeness (QED) is 0.680. The molecule has 1 amide bonds. The molecule has 1 aliphatic rings. The number of ether oxygens (including phenoxy) is 1. The first-order valence-electron chi connectivity index (χ1n) is 10.1. The minimum absolute atomic E-state index is 0.0396. The third kappa shape index (κ3) is 4.74. The van der Waals surface area contributed by atoms with Crippen LogP contribution < -0.4 is 15.0 Å². The number of benzene rings is 1. The number of hydrogen-bond acceptors (Lipinski definition) is 6. The van der Waals surface area contributed by atoms with Crippen molar-refractivity contribution in [1.29, 1.82) is 0 Å². The van der Waals surface area contributed by atoms with Crippen LogP contribution in [0.25, 0.3) is 11.3 Å². The van der Waals surface area contributed by atoms with Crippen molar-refractivity contribution in [3.8, 4) is 17.0 Å². The fraction of sp³-hybridized carbons (Fsp3) is 0.304. The Balaban J connectivity index is 1.40. The number of anilines is 1. The Labute approximate surface area is 176 Å². The van der Waals surface area contributed by atoms with Gasteiger partial charge in [-0.25, -0.2) is 9.97 Å². The summed E-state index contributed by atoms with van der Waals surface area (Å²) in [6.07, 6.45) is 6.19. The predicted molar refractivity (Wildman–Crippen MR) is 116 cm³/mol. The van der Waals surface area contributed by atoms with Crippen molar-refractivity contribution in [2.24, 2.45) is 0 Å². The minimum atomic E-state index is -0.0962. The van der Waals surface area contributed by atoms with Crippen LogP contribution in [-0.2, 0) is 0 Å². The van der Waals surface area contributed by atoms with E-state index in [1.807, 2.05) is 44.2 Å². The maximum atomic E-state index is 12.7. The Kier molecular flexibility index (Phi) is 5.88. The van der Waals surface area contributed by atoms with E-state index in [4.69, 9.17) is 4.74 Å². The number of rotatable bonds is 6. The number of carbonyl (C=O) groups excluding carboxylic acids is 1. The summed E-state index contributed by atoms with van der Waals surface area (Å²) in [4.78, 5) is 28.1. The first kappa shape index (κ1) is 19.8. The molecule has 3 heterocycles. The van der Waals surface area contributed by atoms with Gasteiger partial charge in [0.1, 0.15) is 5.75 Å². The van der Waals surface area contributed by atoms with Crippen molar-refractivity contribution in [3.05, 3.63) is 66.6 Å². The molecule has 1 aliphatic heterocycles. The zero-order chi connectivity index (χ0) is 20.9. The molecular formula is C23H25N5O2. The van der Waals surface area contributed by atoms with Gasteiger partial charge in [-0.15, -0.1) is 0 Å². The largest absolute Gasteiger partial charge is 0.491 e. The second kappa shape index (κ2) is 8.90. The van der Waals surface area contributed by atoms with Gasteiger partial charge in [-0.05, 0) is 56.7 Å². The molecule has 1 atom stereocenters. The second-order valence-electron chi connectivity index (χ2n) is 7.58. The Morgan fingerprint density at radius 3 is 2.90 bits per heavy atom. The molecular weight excluding hydrogens is 378 g/mol. The van der Waals surface area contributed by atoms with Crippen LogP contribution in [0.1, 0.15) is 30.6 Å². The lowest BCUT2D eigenvalue weighted by molar-refractivity contribution is 0.0939. The molecule has 154 valence electrons. The van der Waals surface area contributed by atoms with E-state index in [0.717, 1.165) is 24.2 Å². The van der Waals surface area contributed by atoms with Crippen LogP contribution in [0.5, 0.6) is 5.75 Å². The summed E-state index contributed by atoms with van der Waals surface area (Å²) in [5, 5.41) is 3.12. The molecule has 1 unspecified atom stereocenters. The third-order valence-corrected chi connectivity index (χ3v) is 4.87. The van der Waals surface area contributed by atoms with E-state index in [2.05, 4.69) is 25.2 Å². The van der Waals surface area contributed by atoms with E-state index < -0.39 is 0 Å². The van der Waals surface area contributed by atoms with Crippen molar-refractivity contribution in [2.75, 3.05) is 18.0 Å². The summed E-state index contributed by atoms with van der Waals surface area (Å²) in [7, 11) is 0. The van der Waals surface area contributed by atoms with Crippen LogP contribution in [0.2, 0.25) is 0 Å². The van der Waals surface area contributed by atoms with Crippen LogP contribution in [0.4, 0.5) is 5.95 Å². The Morgan fingerprint density at radius 1 is 1.20 bits per heavy atom. The summed E-state index contributed by atoms with van der Waals surface area (Å²) < 4.78 is 5.69. The van der Waals surface area contributed by atoms with Crippen molar-refractivity contribution < 1.29 is 9.53 Å². The van der Waals surface area contributed by atoms with Crippen LogP contribution in [0.15, 0.2) is 61.1 Å². The number of nitrogens with zero attached hydrogens (tertiary/aromatic N) is 4. The normalized spacial score (nSPS) is 16.0. The standard InChI is InChI=1S/C23H25N5O2/c1-16(2)30-20-7-3-5-17(13-20)22(29)26-19-9-12-28(15-19)23-25-11-8-21(27-23)18-6-4-10-24-14-18/h3-8,10-11,13-14,16,19H,9,12,15H2,1-2H3,(H,26,29). The number of hydrogen-bond donors (Lipinski definition) is 1. The van der Waals surface area contributed by atoms with E-state index in [-0.39, 0.29) is 18.1 Å². The molecule has 30 heavy (non-hydrogen) atoms. The Hall–Kier alpha value is -3.48. The highest BCUT2D eigenvalue weighted by Gasteiger charge is 2.26. The van der Waals surface area contributed by atoms with Gasteiger partial charge in [0.05, 0.1) is 11.8 Å². The number of amides is 1. The Bertz CT molecular complexity index is 1010. The highest BCUT2D eigenvalue weighted by Crippen LogP contribution is 2.21. The highest BCUT2D eigenvalue weighted by atomic mass is 16.5. The molecule has 0 saturated carbocycles. The van der Waals surface area contributed by atoms with Crippen LogP contribution in [0.3, 0.4) is 0 Å². The molecule has 7 heteroatoms. The van der Waals surface area contributed by atoms with Gasteiger partial charge in [0, 0.05) is 48.8 Å². The van der Waals surface area contributed by atoms with Crippen molar-refractivity contribution >= 4 is 11.9 Å². The number of aromatic nitrogens is 3. The first-order valence-corrected chi connectivity index (χ1v) is 10.1. The van der Waals surface area contributed by atoms with Gasteiger partial charge in [-0.2, -0.15) is 0 Å². The molecule has 7 nitrogen and oxygen atoms in total. The van der Waals surface area contributed by atoms with E-state index in [1.165, 1.54) is 0 Å². The van der Waals surface area contributed by atoms with E-state index in [1.54, 1.807) is 30.7 Å². The van der Waals surface area contributed by atoms with Gasteiger partial charge >= 0.3 is 0 Å². The predicted octanol–water partition coefficient (Wildman–Crippen LogP) is 3.33. The summed E-state index contributed by atoms with van der Waals surface area (Å²) in [5.74, 6) is 1.27. The molecule has 3 aromatic rings. The molecule has 1 fully saturated rings. The monoisotopic (exact) mass is 403 g/mol. The van der Waals surface area contributed by atoms with Crippen molar-refractivity contribution in [2.45, 2.75) is 32.4 Å². The second-order valence-corrected chi connectivity index (χ2v) is 7.58. The molecule has 0 aliphatic carbocycles. The lowest BCUT2D eigenvalue weighted by Crippen LogP contribution is -2.37. The zero-order valence-electron chi connectivity index (χ0n) is 17.2. The maximum Gasteiger partial charge on any atom is 0.251 e. The molecule has 1 saturated heterocycles. The van der Waals surface area contributed by atoms with Gasteiger partial charge in [-0.3, -0.25) is 9.78 Å². The topological polar surface area (TPSA) is 80.2 Å². The van der Waals surface area contributed by atoms with Crippen LogP contribution in [0, 0.1) is 0 Å². The smallest absolute Gasteiger partial charge is 0.251 e. The summed E-state index contributed by atoms with van der Waals surface area (Å²) in [5.41, 5.74) is 2.39. The van der Waals surface area contributed by atoms with E-state index >= 15 is 0 Å². The van der Waals surface area contributed by atoms with Gasteiger partial charge < -0.3 is 15.0 Å².